The molecule has 0 spiro atoms. The molecule has 0 aliphatic heterocycles. The monoisotopic (exact) mass is 331 g/mol. The van der Waals surface area contributed by atoms with E-state index < -0.39 is 40.5 Å². The van der Waals surface area contributed by atoms with Gasteiger partial charge >= 0.3 is 12.5 Å². The number of hydrogen-bond acceptors (Lipinski definition) is 2. The summed E-state index contributed by atoms with van der Waals surface area (Å²) >= 11 is 0. The second kappa shape index (κ2) is 5.83. The molecule has 2 aromatic rings. The van der Waals surface area contributed by atoms with Crippen LogP contribution in [0.5, 0.6) is 5.75 Å². The van der Waals surface area contributed by atoms with Gasteiger partial charge in [-0.05, 0) is 17.7 Å². The maximum atomic E-state index is 13.2. The second-order valence-electron chi connectivity index (χ2n) is 4.38. The van der Waals surface area contributed by atoms with Crippen LogP contribution in [-0.4, -0.2) is 6.36 Å². The van der Waals surface area contributed by atoms with Gasteiger partial charge in [0.25, 0.3) is 0 Å². The molecule has 0 saturated carbocycles. The number of benzene rings is 2. The van der Waals surface area contributed by atoms with E-state index in [0.29, 0.717) is 0 Å². The molecule has 2 rings (SSSR count). The first-order valence-electron chi connectivity index (χ1n) is 6.09. The van der Waals surface area contributed by atoms with Crippen LogP contribution in [0.1, 0.15) is 11.1 Å². The van der Waals surface area contributed by atoms with Crippen molar-refractivity contribution in [2.24, 2.45) is 0 Å². The Morgan fingerprint density at radius 2 is 1.43 bits per heavy atom. The van der Waals surface area contributed by atoms with Crippen molar-refractivity contribution < 1.29 is 31.1 Å². The molecule has 23 heavy (non-hydrogen) atoms. The third kappa shape index (κ3) is 3.74. The predicted octanol–water partition coefficient (Wildman–Crippen LogP) is 5.14. The summed E-state index contributed by atoms with van der Waals surface area (Å²) in [4.78, 5) is 0. The van der Waals surface area contributed by atoms with Crippen molar-refractivity contribution >= 4 is 0 Å². The first kappa shape index (κ1) is 16.7. The van der Waals surface area contributed by atoms with E-state index in [2.05, 4.69) is 4.74 Å². The topological polar surface area (TPSA) is 33.0 Å². The zero-order valence-electron chi connectivity index (χ0n) is 11.2. The molecule has 0 bridgehead atoms. The lowest BCUT2D eigenvalue weighted by atomic mass is 9.95. The fourth-order valence-corrected chi connectivity index (χ4v) is 2.08. The summed E-state index contributed by atoms with van der Waals surface area (Å²) in [5.41, 5.74) is -2.96. The number of hydrogen-bond donors (Lipinski definition) is 0. The van der Waals surface area contributed by atoms with Crippen LogP contribution in [0.2, 0.25) is 0 Å². The molecule has 0 aliphatic rings. The highest BCUT2D eigenvalue weighted by molar-refractivity contribution is 5.76. The van der Waals surface area contributed by atoms with Gasteiger partial charge in [-0.2, -0.15) is 18.4 Å². The van der Waals surface area contributed by atoms with Crippen molar-refractivity contribution in [2.75, 3.05) is 0 Å². The lowest BCUT2D eigenvalue weighted by Crippen LogP contribution is -2.18. The molecule has 120 valence electrons. The number of halogens is 6. The molecule has 2 aromatic carbocycles. The van der Waals surface area contributed by atoms with Crippen LogP contribution in [0.15, 0.2) is 42.5 Å². The molecule has 0 unspecified atom stereocenters. The fraction of sp³-hybridized carbons (Fsp3) is 0.133. The normalized spacial score (nSPS) is 11.9. The quantitative estimate of drug-likeness (QED) is 0.714. The Hall–Kier alpha value is -2.69. The molecular formula is C15H7F6NO. The van der Waals surface area contributed by atoms with Gasteiger partial charge in [0.1, 0.15) is 5.75 Å². The third-order valence-corrected chi connectivity index (χ3v) is 2.87. The molecule has 0 heterocycles. The summed E-state index contributed by atoms with van der Waals surface area (Å²) in [5, 5.41) is 8.85. The summed E-state index contributed by atoms with van der Waals surface area (Å²) in [6.45, 7) is 0. The summed E-state index contributed by atoms with van der Waals surface area (Å²) in [6.07, 6.45) is -9.96. The van der Waals surface area contributed by atoms with Crippen LogP contribution >= 0.6 is 0 Å². The average Bonchev–Trinajstić information content (AvgIpc) is 2.44. The smallest absolute Gasteiger partial charge is 0.405 e. The van der Waals surface area contributed by atoms with Crippen LogP contribution in [0.25, 0.3) is 11.1 Å². The van der Waals surface area contributed by atoms with E-state index >= 15 is 0 Å². The fourth-order valence-electron chi connectivity index (χ4n) is 2.08. The average molecular weight is 331 g/mol. The van der Waals surface area contributed by atoms with E-state index in [1.807, 2.05) is 0 Å². The summed E-state index contributed by atoms with van der Waals surface area (Å²) < 4.78 is 80.7. The first-order chi connectivity index (χ1) is 10.6. The third-order valence-electron chi connectivity index (χ3n) is 2.87. The van der Waals surface area contributed by atoms with Crippen LogP contribution in [0, 0.1) is 11.3 Å². The SMILES string of the molecule is N#Cc1cccc(-c2ccccc2OC(F)(F)F)c1C(F)(F)F. The number of nitrogens with zero attached hydrogens (tertiary/aromatic N) is 1. The Morgan fingerprint density at radius 1 is 0.826 bits per heavy atom. The van der Waals surface area contributed by atoms with Crippen LogP contribution < -0.4 is 4.74 Å². The summed E-state index contributed by atoms with van der Waals surface area (Å²) in [7, 11) is 0. The van der Waals surface area contributed by atoms with E-state index in [1.54, 1.807) is 0 Å². The van der Waals surface area contributed by atoms with E-state index in [0.717, 1.165) is 30.3 Å². The van der Waals surface area contributed by atoms with Crippen molar-refractivity contribution in [1.29, 1.82) is 5.26 Å². The molecule has 0 radical (unpaired) electrons. The highest BCUT2D eigenvalue weighted by Crippen LogP contribution is 2.42. The van der Waals surface area contributed by atoms with Gasteiger partial charge in [-0.1, -0.05) is 30.3 Å². The molecule has 0 aromatic heterocycles. The van der Waals surface area contributed by atoms with Crippen molar-refractivity contribution in [2.45, 2.75) is 12.5 Å². The van der Waals surface area contributed by atoms with Gasteiger partial charge in [-0.25, -0.2) is 0 Å². The van der Waals surface area contributed by atoms with E-state index in [-0.39, 0.29) is 0 Å². The van der Waals surface area contributed by atoms with Crippen LogP contribution in [-0.2, 0) is 6.18 Å². The Bertz CT molecular complexity index is 758. The summed E-state index contributed by atoms with van der Waals surface area (Å²) in [5.74, 6) is -0.777. The van der Waals surface area contributed by atoms with E-state index in [9.17, 15) is 26.3 Å². The molecule has 0 amide bonds. The summed E-state index contributed by atoms with van der Waals surface area (Å²) in [6, 6.07) is 8.93. The van der Waals surface area contributed by atoms with Crippen molar-refractivity contribution in [3.8, 4) is 22.9 Å². The number of alkyl halides is 6. The molecular weight excluding hydrogens is 324 g/mol. The van der Waals surface area contributed by atoms with E-state index in [4.69, 9.17) is 5.26 Å². The van der Waals surface area contributed by atoms with Gasteiger partial charge in [-0.3, -0.25) is 0 Å². The van der Waals surface area contributed by atoms with Crippen molar-refractivity contribution in [3.63, 3.8) is 0 Å². The van der Waals surface area contributed by atoms with Gasteiger partial charge in [-0.15, -0.1) is 13.2 Å². The zero-order chi connectivity index (χ0) is 17.3. The zero-order valence-corrected chi connectivity index (χ0v) is 11.2. The Balaban J connectivity index is 2.72. The predicted molar refractivity (Wildman–Crippen MR) is 68.3 cm³/mol. The molecule has 0 atom stereocenters. The Labute approximate surface area is 126 Å². The van der Waals surface area contributed by atoms with Crippen molar-refractivity contribution in [1.82, 2.24) is 0 Å². The number of nitriles is 1. The van der Waals surface area contributed by atoms with Gasteiger partial charge in [0.15, 0.2) is 0 Å². The van der Waals surface area contributed by atoms with Crippen LogP contribution in [0.4, 0.5) is 26.3 Å². The Kier molecular flexibility index (Phi) is 4.23. The molecule has 0 N–H and O–H groups in total. The van der Waals surface area contributed by atoms with Gasteiger partial charge in [0.05, 0.1) is 17.2 Å². The first-order valence-corrected chi connectivity index (χ1v) is 6.09. The molecule has 0 fully saturated rings. The maximum Gasteiger partial charge on any atom is 0.573 e. The van der Waals surface area contributed by atoms with Crippen molar-refractivity contribution in [3.05, 3.63) is 53.6 Å². The lowest BCUT2D eigenvalue weighted by Gasteiger charge is -2.18. The van der Waals surface area contributed by atoms with E-state index in [1.165, 1.54) is 18.2 Å². The number of para-hydroxylation sites is 1. The second-order valence-corrected chi connectivity index (χ2v) is 4.38. The minimum Gasteiger partial charge on any atom is -0.405 e. The lowest BCUT2D eigenvalue weighted by molar-refractivity contribution is -0.274. The highest BCUT2D eigenvalue weighted by Gasteiger charge is 2.38. The molecule has 0 aliphatic carbocycles. The Morgan fingerprint density at radius 3 is 2.00 bits per heavy atom. The standard InChI is InChI=1S/C15H7F6NO/c16-14(17,18)13-9(8-22)4-3-6-11(13)10-5-1-2-7-12(10)23-15(19,20)21/h1-7H. The molecule has 2 nitrogen and oxygen atoms in total. The van der Waals surface area contributed by atoms with Gasteiger partial charge < -0.3 is 4.74 Å². The van der Waals surface area contributed by atoms with Crippen LogP contribution in [0.3, 0.4) is 0 Å². The minimum absolute atomic E-state index is 0.408. The minimum atomic E-state index is -5.05. The molecule has 0 saturated heterocycles. The van der Waals surface area contributed by atoms with Gasteiger partial charge in [0.2, 0.25) is 0 Å². The highest BCUT2D eigenvalue weighted by atomic mass is 19.4. The number of rotatable bonds is 2. The number of ether oxygens (including phenoxy) is 1. The molecule has 8 heteroatoms. The largest absolute Gasteiger partial charge is 0.573 e. The van der Waals surface area contributed by atoms with Gasteiger partial charge in [0, 0.05) is 5.56 Å². The maximum absolute atomic E-state index is 13.2.